The summed E-state index contributed by atoms with van der Waals surface area (Å²) in [6.07, 6.45) is 0.513. The van der Waals surface area contributed by atoms with Crippen molar-refractivity contribution in [2.75, 3.05) is 13.2 Å². The molecule has 204 valence electrons. The molecule has 0 spiro atoms. The lowest BCUT2D eigenvalue weighted by atomic mass is 10.00. The molecule has 0 bridgehead atoms. The zero-order valence-electron chi connectivity index (χ0n) is 21.2. The van der Waals surface area contributed by atoms with Crippen LogP contribution in [-0.4, -0.2) is 36.3 Å². The molecule has 1 amide bonds. The fourth-order valence-electron chi connectivity index (χ4n) is 4.02. The molecule has 0 fully saturated rings. The van der Waals surface area contributed by atoms with Crippen molar-refractivity contribution in [3.05, 3.63) is 99.0 Å². The van der Waals surface area contributed by atoms with Gasteiger partial charge >= 0.3 is 0 Å². The summed E-state index contributed by atoms with van der Waals surface area (Å²) >= 11 is 12.0. The molecule has 38 heavy (non-hydrogen) atoms. The normalized spacial score (nSPS) is 12.7. The van der Waals surface area contributed by atoms with Gasteiger partial charge in [0.05, 0.1) is 23.8 Å². The molecule has 3 N–H and O–H groups in total. The summed E-state index contributed by atoms with van der Waals surface area (Å²) in [5, 5.41) is 17.8. The van der Waals surface area contributed by atoms with Gasteiger partial charge in [-0.2, -0.15) is 0 Å². The Morgan fingerprint density at radius 3 is 2.45 bits per heavy atom. The Morgan fingerprint density at radius 2 is 1.74 bits per heavy atom. The molecular formula is C29H32Cl2F2N2O3. The van der Waals surface area contributed by atoms with Crippen molar-refractivity contribution in [2.45, 2.75) is 51.3 Å². The van der Waals surface area contributed by atoms with E-state index in [1.807, 2.05) is 12.1 Å². The first kappa shape index (κ1) is 29.8. The average molecular weight is 565 g/mol. The minimum Gasteiger partial charge on any atom is -0.492 e. The zero-order valence-corrected chi connectivity index (χ0v) is 22.7. The molecule has 0 unspecified atom stereocenters. The molecule has 0 heterocycles. The maximum absolute atomic E-state index is 13.8. The fourth-order valence-corrected chi connectivity index (χ4v) is 4.48. The lowest BCUT2D eigenvalue weighted by Crippen LogP contribution is -2.48. The lowest BCUT2D eigenvalue weighted by molar-refractivity contribution is -0.122. The summed E-state index contributed by atoms with van der Waals surface area (Å²) in [5.41, 5.74) is 2.62. The Labute approximate surface area is 232 Å². The van der Waals surface area contributed by atoms with Crippen LogP contribution in [0, 0.1) is 11.6 Å². The van der Waals surface area contributed by atoms with Gasteiger partial charge in [0.25, 0.3) is 0 Å². The van der Waals surface area contributed by atoms with Crippen LogP contribution in [0.3, 0.4) is 0 Å². The minimum atomic E-state index is -0.997. The SMILES string of the molecule is CCc1cccc(CNC[C@@H](O)[C@H](Cc2cc(F)cc(F)c2)NC(=O)CCCOc2ccc(Cl)cc2Cl)c1. The average Bonchev–Trinajstić information content (AvgIpc) is 2.86. The number of carbonyl (C=O) groups excluding carboxylic acids is 1. The predicted molar refractivity (Wildman–Crippen MR) is 147 cm³/mol. The maximum atomic E-state index is 13.8. The first-order valence-corrected chi connectivity index (χ1v) is 13.3. The van der Waals surface area contributed by atoms with E-state index >= 15 is 0 Å². The first-order valence-electron chi connectivity index (χ1n) is 12.5. The molecule has 0 aliphatic rings. The van der Waals surface area contributed by atoms with Gasteiger partial charge in [-0.05, 0) is 66.3 Å². The van der Waals surface area contributed by atoms with Crippen LogP contribution in [-0.2, 0) is 24.2 Å². The quantitative estimate of drug-likeness (QED) is 0.214. The number of amides is 1. The summed E-state index contributed by atoms with van der Waals surface area (Å²) < 4.78 is 33.1. The molecule has 9 heteroatoms. The van der Waals surface area contributed by atoms with E-state index in [-0.39, 0.29) is 31.9 Å². The van der Waals surface area contributed by atoms with Gasteiger partial charge in [-0.3, -0.25) is 4.79 Å². The third-order valence-electron chi connectivity index (χ3n) is 5.97. The van der Waals surface area contributed by atoms with Gasteiger partial charge in [0, 0.05) is 30.6 Å². The maximum Gasteiger partial charge on any atom is 0.220 e. The predicted octanol–water partition coefficient (Wildman–Crippen LogP) is 5.87. The number of halogens is 4. The van der Waals surface area contributed by atoms with E-state index in [2.05, 4.69) is 29.7 Å². The highest BCUT2D eigenvalue weighted by atomic mass is 35.5. The van der Waals surface area contributed by atoms with Crippen molar-refractivity contribution < 1.29 is 23.4 Å². The number of carbonyl (C=O) groups is 1. The number of hydrogen-bond donors (Lipinski definition) is 3. The van der Waals surface area contributed by atoms with E-state index in [9.17, 15) is 18.7 Å². The first-order chi connectivity index (χ1) is 18.2. The topological polar surface area (TPSA) is 70.6 Å². The van der Waals surface area contributed by atoms with Crippen LogP contribution >= 0.6 is 23.2 Å². The molecule has 3 rings (SSSR count). The number of aliphatic hydroxyl groups is 1. The third-order valence-corrected chi connectivity index (χ3v) is 6.50. The Bertz CT molecular complexity index is 1190. The molecule has 3 aromatic carbocycles. The highest BCUT2D eigenvalue weighted by molar-refractivity contribution is 6.35. The molecule has 3 aromatic rings. The van der Waals surface area contributed by atoms with Gasteiger partial charge in [0.2, 0.25) is 5.91 Å². The van der Waals surface area contributed by atoms with Crippen LogP contribution in [0.5, 0.6) is 5.75 Å². The number of rotatable bonds is 14. The van der Waals surface area contributed by atoms with E-state index in [0.29, 0.717) is 34.3 Å². The van der Waals surface area contributed by atoms with Crippen LogP contribution in [0.25, 0.3) is 0 Å². The molecule has 0 saturated carbocycles. The number of aliphatic hydroxyl groups excluding tert-OH is 1. The van der Waals surface area contributed by atoms with Crippen molar-refractivity contribution in [1.82, 2.24) is 10.6 Å². The van der Waals surface area contributed by atoms with Crippen molar-refractivity contribution >= 4 is 29.1 Å². The van der Waals surface area contributed by atoms with Crippen LogP contribution < -0.4 is 15.4 Å². The van der Waals surface area contributed by atoms with Crippen LogP contribution in [0.4, 0.5) is 8.78 Å². The summed E-state index contributed by atoms with van der Waals surface area (Å²) in [4.78, 5) is 12.7. The highest BCUT2D eigenvalue weighted by Gasteiger charge is 2.22. The van der Waals surface area contributed by atoms with Gasteiger partial charge < -0.3 is 20.5 Å². The van der Waals surface area contributed by atoms with Gasteiger partial charge in [0.15, 0.2) is 0 Å². The molecule has 2 atom stereocenters. The largest absolute Gasteiger partial charge is 0.492 e. The summed E-state index contributed by atoms with van der Waals surface area (Å²) in [5.74, 6) is -1.28. The van der Waals surface area contributed by atoms with Crippen LogP contribution in [0.15, 0.2) is 60.7 Å². The molecule has 0 saturated heterocycles. The summed E-state index contributed by atoms with van der Waals surface area (Å²) in [7, 11) is 0. The fraction of sp³-hybridized carbons (Fsp3) is 0.345. The van der Waals surface area contributed by atoms with Crippen molar-refractivity contribution in [2.24, 2.45) is 0 Å². The highest BCUT2D eigenvalue weighted by Crippen LogP contribution is 2.27. The summed E-state index contributed by atoms with van der Waals surface area (Å²) in [6.45, 7) is 3.04. The van der Waals surface area contributed by atoms with Gasteiger partial charge in [-0.15, -0.1) is 0 Å². The van der Waals surface area contributed by atoms with E-state index in [1.54, 1.807) is 18.2 Å². The molecule has 5 nitrogen and oxygen atoms in total. The Hall–Kier alpha value is -2.71. The van der Waals surface area contributed by atoms with E-state index in [0.717, 1.165) is 18.1 Å². The number of aryl methyl sites for hydroxylation is 1. The molecule has 0 aliphatic carbocycles. The standard InChI is InChI=1S/C29H32Cl2F2N2O3/c1-2-19-5-3-6-20(11-19)17-34-18-27(36)26(14-21-12-23(32)16-24(33)13-21)35-29(37)7-4-10-38-28-9-8-22(30)15-25(28)31/h3,5-6,8-9,11-13,15-16,26-27,34,36H,2,4,7,10,14,17-18H2,1H3,(H,35,37)/t26-,27+/m0/s1. The van der Waals surface area contributed by atoms with Gasteiger partial charge in [-0.25, -0.2) is 8.78 Å². The molecular weight excluding hydrogens is 533 g/mol. The monoisotopic (exact) mass is 564 g/mol. The van der Waals surface area contributed by atoms with E-state index in [1.165, 1.54) is 17.7 Å². The number of ether oxygens (including phenoxy) is 1. The summed E-state index contributed by atoms with van der Waals surface area (Å²) in [6, 6.07) is 15.4. The second-order valence-corrected chi connectivity index (χ2v) is 9.90. The second-order valence-electron chi connectivity index (χ2n) is 9.05. The minimum absolute atomic E-state index is 0.0610. The van der Waals surface area contributed by atoms with E-state index in [4.69, 9.17) is 27.9 Å². The van der Waals surface area contributed by atoms with Crippen molar-refractivity contribution in [3.8, 4) is 5.75 Å². The van der Waals surface area contributed by atoms with Crippen LogP contribution in [0.2, 0.25) is 10.0 Å². The van der Waals surface area contributed by atoms with E-state index < -0.39 is 23.8 Å². The Morgan fingerprint density at radius 1 is 1.00 bits per heavy atom. The zero-order chi connectivity index (χ0) is 27.5. The molecule has 0 aliphatic heterocycles. The number of benzene rings is 3. The number of hydrogen-bond acceptors (Lipinski definition) is 4. The van der Waals surface area contributed by atoms with Crippen molar-refractivity contribution in [3.63, 3.8) is 0 Å². The second kappa shape index (κ2) is 15.0. The Kier molecular flexibility index (Phi) is 11.8. The number of nitrogens with one attached hydrogen (secondary N) is 2. The van der Waals surface area contributed by atoms with Gasteiger partial charge in [-0.1, -0.05) is 54.4 Å². The molecule has 0 aromatic heterocycles. The smallest absolute Gasteiger partial charge is 0.220 e. The van der Waals surface area contributed by atoms with Gasteiger partial charge in [0.1, 0.15) is 17.4 Å². The third kappa shape index (κ3) is 9.87. The lowest BCUT2D eigenvalue weighted by Gasteiger charge is -2.25. The molecule has 0 radical (unpaired) electrons. The Balaban J connectivity index is 1.56. The van der Waals surface area contributed by atoms with Crippen LogP contribution in [0.1, 0.15) is 36.5 Å². The van der Waals surface area contributed by atoms with Crippen molar-refractivity contribution in [1.29, 1.82) is 0 Å².